The van der Waals surface area contributed by atoms with Gasteiger partial charge in [-0.1, -0.05) is 0 Å². The lowest BCUT2D eigenvalue weighted by molar-refractivity contribution is -0.385. The van der Waals surface area contributed by atoms with Crippen molar-refractivity contribution in [1.29, 1.82) is 0 Å². The van der Waals surface area contributed by atoms with Crippen LogP contribution in [0.5, 0.6) is 0 Å². The quantitative estimate of drug-likeness (QED) is 0.668. The molecule has 2 heterocycles. The summed E-state index contributed by atoms with van der Waals surface area (Å²) in [5.41, 5.74) is 0.0335. The van der Waals surface area contributed by atoms with Crippen LogP contribution in [-0.2, 0) is 0 Å². The number of nitro groups is 1. The van der Waals surface area contributed by atoms with Gasteiger partial charge in [0.15, 0.2) is 0 Å². The summed E-state index contributed by atoms with van der Waals surface area (Å²) in [4.78, 5) is 25.4. The highest BCUT2D eigenvalue weighted by atomic mass is 35.5. The average Bonchev–Trinajstić information content (AvgIpc) is 2.71. The lowest BCUT2D eigenvalue weighted by atomic mass is 10.2. The van der Waals surface area contributed by atoms with E-state index in [1.807, 2.05) is 6.92 Å². The van der Waals surface area contributed by atoms with E-state index in [2.05, 4.69) is 5.32 Å². The van der Waals surface area contributed by atoms with Crippen LogP contribution in [0.4, 0.5) is 5.69 Å². The summed E-state index contributed by atoms with van der Waals surface area (Å²) in [6, 6.07) is 1.50. The molecule has 0 spiro atoms. The Morgan fingerprint density at radius 2 is 2.32 bits per heavy atom. The number of aryl methyl sites for hydroxylation is 1. The lowest BCUT2D eigenvalue weighted by Crippen LogP contribution is -2.52. The summed E-state index contributed by atoms with van der Waals surface area (Å²) < 4.78 is 0. The molecule has 1 aliphatic rings. The molecule has 1 N–H and O–H groups in total. The van der Waals surface area contributed by atoms with Gasteiger partial charge in [0.05, 0.1) is 14.7 Å². The van der Waals surface area contributed by atoms with Crippen molar-refractivity contribution >= 4 is 35.3 Å². The van der Waals surface area contributed by atoms with E-state index in [9.17, 15) is 14.9 Å². The Kier molecular flexibility index (Phi) is 5.28. The topological polar surface area (TPSA) is 75.5 Å². The van der Waals surface area contributed by atoms with Crippen molar-refractivity contribution in [3.63, 3.8) is 0 Å². The summed E-state index contributed by atoms with van der Waals surface area (Å²) in [6.07, 6.45) is 0. The van der Waals surface area contributed by atoms with Crippen LogP contribution in [0, 0.1) is 17.0 Å². The van der Waals surface area contributed by atoms with Crippen molar-refractivity contribution in [1.82, 2.24) is 10.2 Å². The molecule has 106 valence electrons. The van der Waals surface area contributed by atoms with Gasteiger partial charge >= 0.3 is 0 Å². The zero-order valence-electron chi connectivity index (χ0n) is 10.7. The van der Waals surface area contributed by atoms with Gasteiger partial charge in [0.1, 0.15) is 0 Å². The summed E-state index contributed by atoms with van der Waals surface area (Å²) in [5.74, 6) is -0.106. The Labute approximate surface area is 121 Å². The first kappa shape index (κ1) is 15.9. The fourth-order valence-electron chi connectivity index (χ4n) is 2.04. The van der Waals surface area contributed by atoms with Crippen molar-refractivity contribution in [3.05, 3.63) is 25.9 Å². The number of rotatable bonds is 2. The minimum Gasteiger partial charge on any atom is -0.333 e. The number of nitrogens with one attached hydrogen (secondary N) is 1. The van der Waals surface area contributed by atoms with E-state index in [0.717, 1.165) is 13.1 Å². The molecule has 1 amide bonds. The molecule has 1 aromatic rings. The Morgan fingerprint density at radius 1 is 1.63 bits per heavy atom. The molecule has 19 heavy (non-hydrogen) atoms. The van der Waals surface area contributed by atoms with Gasteiger partial charge in [-0.05, 0) is 13.8 Å². The molecule has 1 aliphatic heterocycles. The maximum atomic E-state index is 12.3. The van der Waals surface area contributed by atoms with Crippen LogP contribution in [0.1, 0.15) is 21.5 Å². The number of hydrogen-bond acceptors (Lipinski definition) is 5. The van der Waals surface area contributed by atoms with E-state index in [0.29, 0.717) is 16.3 Å². The van der Waals surface area contributed by atoms with Crippen LogP contribution in [0.3, 0.4) is 0 Å². The van der Waals surface area contributed by atoms with Crippen molar-refractivity contribution in [2.45, 2.75) is 19.9 Å². The summed E-state index contributed by atoms with van der Waals surface area (Å²) in [7, 11) is 0. The largest absolute Gasteiger partial charge is 0.333 e. The highest BCUT2D eigenvalue weighted by Crippen LogP contribution is 2.29. The van der Waals surface area contributed by atoms with Crippen LogP contribution in [-0.4, -0.2) is 41.4 Å². The summed E-state index contributed by atoms with van der Waals surface area (Å²) in [6.45, 7) is 5.81. The van der Waals surface area contributed by atoms with Gasteiger partial charge in [0.2, 0.25) is 0 Å². The van der Waals surface area contributed by atoms with E-state index in [4.69, 9.17) is 0 Å². The fourth-order valence-corrected chi connectivity index (χ4v) is 2.99. The van der Waals surface area contributed by atoms with Crippen LogP contribution < -0.4 is 5.32 Å². The zero-order valence-corrected chi connectivity index (χ0v) is 12.3. The SMILES string of the molecule is Cc1sc(C(=O)N2CCNCC2C)cc1[N+](=O)[O-].Cl. The van der Waals surface area contributed by atoms with E-state index in [1.54, 1.807) is 11.8 Å². The van der Waals surface area contributed by atoms with Crippen LogP contribution in [0.15, 0.2) is 6.07 Å². The van der Waals surface area contributed by atoms with Gasteiger partial charge in [-0.3, -0.25) is 14.9 Å². The molecule has 0 aromatic carbocycles. The van der Waals surface area contributed by atoms with Crippen molar-refractivity contribution < 1.29 is 9.72 Å². The van der Waals surface area contributed by atoms with Crippen molar-refractivity contribution in [2.75, 3.05) is 19.6 Å². The number of hydrogen-bond donors (Lipinski definition) is 1. The first-order valence-corrected chi connectivity index (χ1v) is 6.59. The van der Waals surface area contributed by atoms with E-state index in [1.165, 1.54) is 17.4 Å². The van der Waals surface area contributed by atoms with Gasteiger partial charge in [0, 0.05) is 31.7 Å². The third kappa shape index (κ3) is 3.23. The van der Waals surface area contributed by atoms with Crippen LogP contribution in [0.25, 0.3) is 0 Å². The first-order valence-electron chi connectivity index (χ1n) is 5.77. The molecule has 0 saturated carbocycles. The molecule has 8 heteroatoms. The number of piperazine rings is 1. The Bertz CT molecular complexity index is 492. The number of nitrogens with zero attached hydrogens (tertiary/aromatic N) is 2. The molecule has 0 bridgehead atoms. The fraction of sp³-hybridized carbons (Fsp3) is 0.545. The van der Waals surface area contributed by atoms with E-state index < -0.39 is 4.92 Å². The molecule has 1 atom stereocenters. The number of carbonyl (C=O) groups excluding carboxylic acids is 1. The highest BCUT2D eigenvalue weighted by molar-refractivity contribution is 7.14. The molecular formula is C11H16ClN3O3S. The minimum atomic E-state index is -0.441. The van der Waals surface area contributed by atoms with Crippen molar-refractivity contribution in [2.24, 2.45) is 0 Å². The third-order valence-corrected chi connectivity index (χ3v) is 4.09. The standard InChI is InChI=1S/C11H15N3O3S.ClH/c1-7-6-12-3-4-13(7)11(15)10-5-9(14(16)17)8(2)18-10;/h5,7,12H,3-4,6H2,1-2H3;1H. The average molecular weight is 306 g/mol. The van der Waals surface area contributed by atoms with Gasteiger partial charge in [0.25, 0.3) is 11.6 Å². The first-order chi connectivity index (χ1) is 8.50. The van der Waals surface area contributed by atoms with Crippen LogP contribution in [0.2, 0.25) is 0 Å². The molecule has 0 radical (unpaired) electrons. The van der Waals surface area contributed by atoms with Gasteiger partial charge in [-0.15, -0.1) is 23.7 Å². The molecular weight excluding hydrogens is 290 g/mol. The molecule has 2 rings (SSSR count). The van der Waals surface area contributed by atoms with Gasteiger partial charge < -0.3 is 10.2 Å². The smallest absolute Gasteiger partial charge is 0.283 e. The number of carbonyl (C=O) groups is 1. The predicted molar refractivity (Wildman–Crippen MR) is 76.3 cm³/mol. The Balaban J connectivity index is 0.00000180. The summed E-state index contributed by atoms with van der Waals surface area (Å²) >= 11 is 1.19. The van der Waals surface area contributed by atoms with Crippen molar-refractivity contribution in [3.8, 4) is 0 Å². The lowest BCUT2D eigenvalue weighted by Gasteiger charge is -2.33. The zero-order chi connectivity index (χ0) is 13.3. The second-order valence-electron chi connectivity index (χ2n) is 4.36. The highest BCUT2D eigenvalue weighted by Gasteiger charge is 2.27. The number of halogens is 1. The normalized spacial score (nSPS) is 18.8. The molecule has 1 unspecified atom stereocenters. The second-order valence-corrected chi connectivity index (χ2v) is 5.62. The van der Waals surface area contributed by atoms with E-state index >= 15 is 0 Å². The number of thiophene rings is 1. The number of amides is 1. The van der Waals surface area contributed by atoms with Gasteiger partial charge in [-0.2, -0.15) is 0 Å². The summed E-state index contributed by atoms with van der Waals surface area (Å²) in [5, 5.41) is 14.0. The maximum Gasteiger partial charge on any atom is 0.283 e. The third-order valence-electron chi connectivity index (χ3n) is 3.06. The van der Waals surface area contributed by atoms with Crippen LogP contribution >= 0.6 is 23.7 Å². The van der Waals surface area contributed by atoms with E-state index in [-0.39, 0.29) is 30.0 Å². The molecule has 6 nitrogen and oxygen atoms in total. The monoisotopic (exact) mass is 305 g/mol. The predicted octanol–water partition coefficient (Wildman–Crippen LogP) is 1.82. The molecule has 1 aromatic heterocycles. The minimum absolute atomic E-state index is 0. The van der Waals surface area contributed by atoms with Gasteiger partial charge in [-0.25, -0.2) is 0 Å². The molecule has 1 fully saturated rings. The Morgan fingerprint density at radius 3 is 2.84 bits per heavy atom. The molecule has 0 aliphatic carbocycles. The maximum absolute atomic E-state index is 12.3. The Hall–Kier alpha value is -1.18. The second kappa shape index (κ2) is 6.31. The molecule has 1 saturated heterocycles.